The van der Waals surface area contributed by atoms with Crippen molar-refractivity contribution in [2.75, 3.05) is 11.9 Å². The number of rotatable bonds is 5. The number of imidazole rings is 1. The summed E-state index contributed by atoms with van der Waals surface area (Å²) in [6.07, 6.45) is 12.2. The molecule has 2 bridgehead atoms. The van der Waals surface area contributed by atoms with Crippen LogP contribution in [0.25, 0.3) is 17.1 Å². The molecule has 2 atom stereocenters. The third kappa shape index (κ3) is 4.04. The standard InChI is InChI=1S/C23H28FN7O/c1-22-4-3-5-23(2,30-22)11-15(10-22)12-26-20-13-27-21(29-28-20)16-8-17(24)18(9-19(16)32)31-7-6-25-14-31/h6-9,13-15,30,32H,3-5,10-12H2,1-2H3,(H,26,28). The molecule has 8 nitrogen and oxygen atoms in total. The lowest BCUT2D eigenvalue weighted by Crippen LogP contribution is -2.63. The number of hydrogen-bond donors (Lipinski definition) is 3. The Kier molecular flexibility index (Phi) is 5.08. The van der Waals surface area contributed by atoms with Gasteiger partial charge in [0, 0.05) is 36.1 Å². The van der Waals surface area contributed by atoms with E-state index in [1.165, 1.54) is 42.3 Å². The average Bonchev–Trinajstić information content (AvgIpc) is 3.27. The summed E-state index contributed by atoms with van der Waals surface area (Å²) in [6, 6.07) is 2.54. The van der Waals surface area contributed by atoms with Crippen molar-refractivity contribution in [2.45, 2.75) is 57.0 Å². The van der Waals surface area contributed by atoms with E-state index in [4.69, 9.17) is 0 Å². The van der Waals surface area contributed by atoms with Crippen molar-refractivity contribution in [2.24, 2.45) is 5.92 Å². The Balaban J connectivity index is 1.27. The lowest BCUT2D eigenvalue weighted by atomic mass is 9.67. The highest BCUT2D eigenvalue weighted by Crippen LogP contribution is 2.42. The monoisotopic (exact) mass is 437 g/mol. The zero-order valence-corrected chi connectivity index (χ0v) is 18.3. The van der Waals surface area contributed by atoms with Gasteiger partial charge in [-0.25, -0.2) is 14.4 Å². The van der Waals surface area contributed by atoms with Crippen molar-refractivity contribution >= 4 is 5.82 Å². The average molecular weight is 438 g/mol. The number of nitrogens with zero attached hydrogens (tertiary/aromatic N) is 5. The van der Waals surface area contributed by atoms with Crippen LogP contribution >= 0.6 is 0 Å². The van der Waals surface area contributed by atoms with Gasteiger partial charge in [0.05, 0.1) is 23.8 Å². The van der Waals surface area contributed by atoms with Gasteiger partial charge < -0.3 is 20.3 Å². The first-order valence-electron chi connectivity index (χ1n) is 11.1. The number of phenolic OH excluding ortho intramolecular Hbond substituents is 1. The Morgan fingerprint density at radius 1 is 1.22 bits per heavy atom. The molecule has 2 saturated heterocycles. The number of fused-ring (bicyclic) bond motifs is 2. The maximum Gasteiger partial charge on any atom is 0.185 e. The van der Waals surface area contributed by atoms with Gasteiger partial charge in [-0.15, -0.1) is 10.2 Å². The number of hydrogen-bond acceptors (Lipinski definition) is 7. The number of aromatic nitrogens is 5. The lowest BCUT2D eigenvalue weighted by Gasteiger charge is -2.53. The van der Waals surface area contributed by atoms with Crippen LogP contribution in [0.15, 0.2) is 37.1 Å². The fourth-order valence-corrected chi connectivity index (χ4v) is 5.58. The summed E-state index contributed by atoms with van der Waals surface area (Å²) >= 11 is 0. The van der Waals surface area contributed by atoms with Gasteiger partial charge in [-0.05, 0) is 57.9 Å². The van der Waals surface area contributed by atoms with Crippen LogP contribution in [0.3, 0.4) is 0 Å². The largest absolute Gasteiger partial charge is 0.507 e. The van der Waals surface area contributed by atoms with E-state index in [1.807, 2.05) is 0 Å². The molecule has 2 aromatic heterocycles. The van der Waals surface area contributed by atoms with Gasteiger partial charge >= 0.3 is 0 Å². The van der Waals surface area contributed by atoms with Crippen LogP contribution in [-0.4, -0.2) is 47.5 Å². The summed E-state index contributed by atoms with van der Waals surface area (Å²) in [7, 11) is 0. The minimum atomic E-state index is -0.514. The van der Waals surface area contributed by atoms with Gasteiger partial charge in [-0.2, -0.15) is 0 Å². The molecule has 2 aliphatic rings. The maximum absolute atomic E-state index is 14.6. The van der Waals surface area contributed by atoms with Crippen molar-refractivity contribution in [1.82, 2.24) is 30.0 Å². The molecule has 0 aliphatic carbocycles. The van der Waals surface area contributed by atoms with E-state index < -0.39 is 5.82 Å². The zero-order valence-electron chi connectivity index (χ0n) is 18.3. The normalized spacial score (nSPS) is 27.3. The second-order valence-electron chi connectivity index (χ2n) is 9.71. The molecule has 0 amide bonds. The number of halogens is 1. The van der Waals surface area contributed by atoms with Crippen molar-refractivity contribution in [3.63, 3.8) is 0 Å². The molecule has 168 valence electrons. The fourth-order valence-electron chi connectivity index (χ4n) is 5.58. The number of benzene rings is 1. The number of phenols is 1. The van der Waals surface area contributed by atoms with Crippen LogP contribution < -0.4 is 10.6 Å². The van der Waals surface area contributed by atoms with Gasteiger partial charge in [0.1, 0.15) is 11.6 Å². The Morgan fingerprint density at radius 2 is 2.00 bits per heavy atom. The lowest BCUT2D eigenvalue weighted by molar-refractivity contribution is 0.0589. The molecule has 2 aliphatic heterocycles. The SMILES string of the molecule is CC12CCCC(C)(CC(CNc3cnc(-c4cc(F)c(-n5ccnc5)cc4O)nn3)C1)N2. The molecule has 2 unspecified atom stereocenters. The number of nitrogens with one attached hydrogen (secondary N) is 2. The third-order valence-corrected chi connectivity index (χ3v) is 6.76. The minimum absolute atomic E-state index is 0.125. The highest BCUT2D eigenvalue weighted by Gasteiger charge is 2.45. The molecule has 32 heavy (non-hydrogen) atoms. The molecule has 0 saturated carbocycles. The highest BCUT2D eigenvalue weighted by molar-refractivity contribution is 5.66. The number of aromatic hydroxyl groups is 1. The molecule has 2 fully saturated rings. The minimum Gasteiger partial charge on any atom is -0.507 e. The molecule has 3 aromatic rings. The van der Waals surface area contributed by atoms with Gasteiger partial charge in [-0.3, -0.25) is 0 Å². The third-order valence-electron chi connectivity index (χ3n) is 6.76. The summed E-state index contributed by atoms with van der Waals surface area (Å²) < 4.78 is 16.1. The van der Waals surface area contributed by atoms with Crippen LogP contribution in [0.5, 0.6) is 5.75 Å². The maximum atomic E-state index is 14.6. The Hall–Kier alpha value is -3.07. The smallest absolute Gasteiger partial charge is 0.185 e. The van der Waals surface area contributed by atoms with Crippen LogP contribution in [0.4, 0.5) is 10.2 Å². The summed E-state index contributed by atoms with van der Waals surface area (Å²) in [5.74, 6) is 0.644. The summed E-state index contributed by atoms with van der Waals surface area (Å²) in [4.78, 5) is 8.20. The molecule has 9 heteroatoms. The highest BCUT2D eigenvalue weighted by atomic mass is 19.1. The van der Waals surface area contributed by atoms with Crippen molar-refractivity contribution in [3.05, 3.63) is 42.9 Å². The van der Waals surface area contributed by atoms with Crippen LogP contribution in [-0.2, 0) is 0 Å². The Bertz CT molecular complexity index is 1090. The first-order chi connectivity index (χ1) is 15.3. The molecule has 0 radical (unpaired) electrons. The van der Waals surface area contributed by atoms with E-state index in [0.29, 0.717) is 11.7 Å². The van der Waals surface area contributed by atoms with Crippen LogP contribution in [0.2, 0.25) is 0 Å². The molecule has 3 N–H and O–H groups in total. The van der Waals surface area contributed by atoms with Crippen molar-refractivity contribution in [1.29, 1.82) is 0 Å². The summed E-state index contributed by atoms with van der Waals surface area (Å²) in [6.45, 7) is 5.47. The molecule has 4 heterocycles. The topological polar surface area (TPSA) is 101 Å². The van der Waals surface area contributed by atoms with Crippen molar-refractivity contribution < 1.29 is 9.50 Å². The molecular formula is C23H28FN7O. The van der Waals surface area contributed by atoms with E-state index in [-0.39, 0.29) is 33.9 Å². The van der Waals surface area contributed by atoms with Gasteiger partial charge in [0.15, 0.2) is 11.6 Å². The van der Waals surface area contributed by atoms with Crippen LogP contribution in [0.1, 0.15) is 46.0 Å². The fraction of sp³-hybridized carbons (Fsp3) is 0.478. The Morgan fingerprint density at radius 3 is 2.66 bits per heavy atom. The first kappa shape index (κ1) is 20.8. The first-order valence-corrected chi connectivity index (χ1v) is 11.1. The van der Waals surface area contributed by atoms with E-state index >= 15 is 0 Å². The van der Waals surface area contributed by atoms with Gasteiger partial charge in [0.2, 0.25) is 0 Å². The molecular weight excluding hydrogens is 409 g/mol. The zero-order chi connectivity index (χ0) is 22.3. The van der Waals surface area contributed by atoms with E-state index in [1.54, 1.807) is 18.6 Å². The van der Waals surface area contributed by atoms with E-state index in [2.05, 4.69) is 44.6 Å². The van der Waals surface area contributed by atoms with E-state index in [0.717, 1.165) is 19.4 Å². The number of anilines is 1. The van der Waals surface area contributed by atoms with Gasteiger partial charge in [0.25, 0.3) is 0 Å². The summed E-state index contributed by atoms with van der Waals surface area (Å²) in [5, 5.41) is 25.9. The van der Waals surface area contributed by atoms with Crippen molar-refractivity contribution in [3.8, 4) is 22.8 Å². The van der Waals surface area contributed by atoms with Gasteiger partial charge in [-0.1, -0.05) is 0 Å². The Labute approximate surface area is 186 Å². The van der Waals surface area contributed by atoms with Crippen LogP contribution in [0, 0.1) is 11.7 Å². The second-order valence-corrected chi connectivity index (χ2v) is 9.71. The summed E-state index contributed by atoms with van der Waals surface area (Å²) in [5.41, 5.74) is 0.799. The molecule has 5 rings (SSSR count). The second kappa shape index (κ2) is 7.81. The predicted octanol–water partition coefficient (Wildman–Crippen LogP) is 3.68. The van der Waals surface area contributed by atoms with E-state index in [9.17, 15) is 9.50 Å². The quantitative estimate of drug-likeness (QED) is 0.560. The predicted molar refractivity (Wildman–Crippen MR) is 119 cm³/mol. The molecule has 0 spiro atoms. The molecule has 1 aromatic carbocycles. The number of piperidine rings is 2.